The molecule has 1 aromatic carbocycles. The largest absolute Gasteiger partial charge is 0.462 e. The van der Waals surface area contributed by atoms with E-state index in [1.165, 1.54) is 95.5 Å². The monoisotopic (exact) mass is 566 g/mol. The lowest BCUT2D eigenvalue weighted by atomic mass is 9.71. The van der Waals surface area contributed by atoms with E-state index in [2.05, 4.69) is 44.3 Å². The minimum atomic E-state index is -0.372. The minimum absolute atomic E-state index is 0.137. The first-order chi connectivity index (χ1) is 19.9. The molecule has 0 radical (unpaired) electrons. The molecule has 0 saturated heterocycles. The lowest BCUT2D eigenvalue weighted by Crippen LogP contribution is -2.28. The number of unbranched alkanes of at least 4 members (excludes halogenated alkanes) is 2. The molecule has 41 heavy (non-hydrogen) atoms. The quantitative estimate of drug-likeness (QED) is 0.0926. The van der Waals surface area contributed by atoms with E-state index in [9.17, 15) is 4.79 Å². The highest BCUT2D eigenvalue weighted by molar-refractivity contribution is 5.88. The van der Waals surface area contributed by atoms with E-state index in [-0.39, 0.29) is 18.4 Å². The van der Waals surface area contributed by atoms with Gasteiger partial charge in [-0.15, -0.1) is 0 Å². The molecule has 1 unspecified atom stereocenters. The molecule has 0 bridgehead atoms. The number of nitrogens with two attached hydrogens (primary N) is 2. The van der Waals surface area contributed by atoms with Gasteiger partial charge in [0.05, 0.1) is 6.61 Å². The normalized spacial score (nSPS) is 23.1. The summed E-state index contributed by atoms with van der Waals surface area (Å²) in [6, 6.07) is 9.59. The van der Waals surface area contributed by atoms with E-state index in [0.717, 1.165) is 29.7 Å². The van der Waals surface area contributed by atoms with Crippen molar-refractivity contribution in [2.75, 3.05) is 19.7 Å². The van der Waals surface area contributed by atoms with Gasteiger partial charge in [-0.3, -0.25) is 0 Å². The zero-order valence-corrected chi connectivity index (χ0v) is 25.9. The maximum absolute atomic E-state index is 12.1. The third-order valence-corrected chi connectivity index (χ3v) is 9.71. The van der Waals surface area contributed by atoms with Crippen molar-refractivity contribution in [1.82, 2.24) is 0 Å². The fourth-order valence-electron chi connectivity index (χ4n) is 6.92. The first-order valence-electron chi connectivity index (χ1n) is 16.2. The summed E-state index contributed by atoms with van der Waals surface area (Å²) in [6.45, 7) is 13.1. The van der Waals surface area contributed by atoms with Gasteiger partial charge in [0.15, 0.2) is 0 Å². The Bertz CT molecular complexity index is 896. The summed E-state index contributed by atoms with van der Waals surface area (Å²) >= 11 is 0. The zero-order chi connectivity index (χ0) is 30.0. The van der Waals surface area contributed by atoms with Crippen LogP contribution in [0.25, 0.3) is 0 Å². The molecule has 4 N–H and O–H groups in total. The minimum Gasteiger partial charge on any atom is -0.462 e. The number of benzene rings is 1. The SMILES string of the molecule is C=C(CN)CC(COC(=O)C(=C)CN)C1CCC(CCC2CCC(c3ccc(CCCCC)cc3)CC2)CC1.C=O. The fourth-order valence-corrected chi connectivity index (χ4v) is 6.92. The van der Waals surface area contributed by atoms with Crippen molar-refractivity contribution in [1.29, 1.82) is 0 Å². The van der Waals surface area contributed by atoms with Crippen molar-refractivity contribution in [2.45, 2.75) is 109 Å². The summed E-state index contributed by atoms with van der Waals surface area (Å²) < 4.78 is 5.57. The highest BCUT2D eigenvalue weighted by atomic mass is 16.5. The highest BCUT2D eigenvalue weighted by Crippen LogP contribution is 2.41. The van der Waals surface area contributed by atoms with Crippen LogP contribution in [0.3, 0.4) is 0 Å². The van der Waals surface area contributed by atoms with Crippen LogP contribution in [0, 0.1) is 23.7 Å². The van der Waals surface area contributed by atoms with Gasteiger partial charge in [0.25, 0.3) is 0 Å². The van der Waals surface area contributed by atoms with Gasteiger partial charge in [0.2, 0.25) is 0 Å². The van der Waals surface area contributed by atoms with Gasteiger partial charge in [-0.2, -0.15) is 0 Å². The van der Waals surface area contributed by atoms with Crippen LogP contribution in [0.15, 0.2) is 48.6 Å². The average Bonchev–Trinajstić information content (AvgIpc) is 3.03. The number of ether oxygens (including phenoxy) is 1. The molecule has 2 fully saturated rings. The Kier molecular flexibility index (Phi) is 16.9. The third kappa shape index (κ3) is 12.3. The van der Waals surface area contributed by atoms with Gasteiger partial charge >= 0.3 is 5.97 Å². The van der Waals surface area contributed by atoms with Crippen LogP contribution in [0.5, 0.6) is 0 Å². The Hall–Kier alpha value is -2.24. The topological polar surface area (TPSA) is 95.4 Å². The van der Waals surface area contributed by atoms with Gasteiger partial charge in [-0.05, 0) is 98.5 Å². The summed E-state index contributed by atoms with van der Waals surface area (Å²) in [5.74, 6) is 3.00. The van der Waals surface area contributed by atoms with Crippen LogP contribution in [-0.2, 0) is 20.7 Å². The smallest absolute Gasteiger partial charge is 0.334 e. The second-order valence-electron chi connectivity index (χ2n) is 12.6. The van der Waals surface area contributed by atoms with Crippen LogP contribution in [0.2, 0.25) is 0 Å². The molecule has 0 spiro atoms. The molecule has 1 atom stereocenters. The molecular weight excluding hydrogens is 508 g/mol. The third-order valence-electron chi connectivity index (χ3n) is 9.71. The molecule has 2 aliphatic rings. The fraction of sp³-hybridized carbons (Fsp3) is 0.667. The number of hydrogen-bond acceptors (Lipinski definition) is 5. The van der Waals surface area contributed by atoms with E-state index in [0.29, 0.717) is 24.6 Å². The molecule has 5 nitrogen and oxygen atoms in total. The predicted molar refractivity (Wildman–Crippen MR) is 172 cm³/mol. The first kappa shape index (κ1) is 35.0. The number of aryl methyl sites for hydroxylation is 1. The molecule has 0 amide bonds. The second-order valence-corrected chi connectivity index (χ2v) is 12.6. The van der Waals surface area contributed by atoms with E-state index in [4.69, 9.17) is 21.0 Å². The summed E-state index contributed by atoms with van der Waals surface area (Å²) in [4.78, 5) is 20.1. The Morgan fingerprint density at radius 3 is 2.00 bits per heavy atom. The summed E-state index contributed by atoms with van der Waals surface area (Å²) in [6.07, 6.45) is 19.3. The first-order valence-corrected chi connectivity index (χ1v) is 16.2. The molecule has 230 valence electrons. The number of carbonyl (C=O) groups is 2. The maximum Gasteiger partial charge on any atom is 0.334 e. The molecule has 0 aromatic heterocycles. The lowest BCUT2D eigenvalue weighted by molar-refractivity contribution is -0.141. The van der Waals surface area contributed by atoms with E-state index < -0.39 is 0 Å². The standard InChI is InChI=1S/C35H56N2O2.CH2O/c1-4-5-6-7-28-10-16-31(17-11-28)32-18-12-29(13-19-32)8-9-30-14-20-33(21-15-30)34(22-26(2)23-36)25-39-35(38)27(3)24-37;1-2/h10-11,16-17,29-30,32-34H,2-9,12-15,18-25,36-37H2,1H3;1H2. The van der Waals surface area contributed by atoms with Crippen LogP contribution in [0.4, 0.5) is 0 Å². The van der Waals surface area contributed by atoms with E-state index in [1.54, 1.807) is 5.56 Å². The number of hydrogen-bond donors (Lipinski definition) is 2. The number of carbonyl (C=O) groups excluding carboxylic acids is 2. The molecule has 2 saturated carbocycles. The van der Waals surface area contributed by atoms with Crippen LogP contribution in [0.1, 0.15) is 114 Å². The molecule has 0 aliphatic heterocycles. The number of esters is 1. The van der Waals surface area contributed by atoms with Crippen molar-refractivity contribution in [3.8, 4) is 0 Å². The van der Waals surface area contributed by atoms with Gasteiger partial charge in [-0.1, -0.05) is 88.4 Å². The van der Waals surface area contributed by atoms with Crippen LogP contribution < -0.4 is 11.5 Å². The van der Waals surface area contributed by atoms with Crippen molar-refractivity contribution < 1.29 is 14.3 Å². The molecule has 2 aliphatic carbocycles. The Balaban J connectivity index is 0.00000287. The van der Waals surface area contributed by atoms with Gasteiger partial charge in [-0.25, -0.2) is 4.79 Å². The van der Waals surface area contributed by atoms with Crippen molar-refractivity contribution in [3.05, 3.63) is 59.7 Å². The molecule has 3 rings (SSSR count). The summed E-state index contributed by atoms with van der Waals surface area (Å²) in [5.41, 5.74) is 15.8. The maximum atomic E-state index is 12.1. The molecule has 5 heteroatoms. The van der Waals surface area contributed by atoms with Gasteiger partial charge in [0, 0.05) is 18.7 Å². The number of rotatable bonds is 16. The molecule has 1 aromatic rings. The van der Waals surface area contributed by atoms with Crippen LogP contribution in [-0.4, -0.2) is 32.5 Å². The van der Waals surface area contributed by atoms with Crippen LogP contribution >= 0.6 is 0 Å². The molecule has 0 heterocycles. The predicted octanol–water partition coefficient (Wildman–Crippen LogP) is 7.67. The lowest BCUT2D eigenvalue weighted by Gasteiger charge is -2.35. The average molecular weight is 567 g/mol. The van der Waals surface area contributed by atoms with E-state index in [1.807, 2.05) is 6.79 Å². The van der Waals surface area contributed by atoms with Crippen molar-refractivity contribution in [2.24, 2.45) is 35.1 Å². The zero-order valence-electron chi connectivity index (χ0n) is 25.9. The Morgan fingerprint density at radius 2 is 1.46 bits per heavy atom. The van der Waals surface area contributed by atoms with Crippen molar-refractivity contribution >= 4 is 12.8 Å². The van der Waals surface area contributed by atoms with Gasteiger partial charge in [0.1, 0.15) is 6.79 Å². The summed E-state index contributed by atoms with van der Waals surface area (Å²) in [7, 11) is 0. The second kappa shape index (κ2) is 19.8. The van der Waals surface area contributed by atoms with Crippen molar-refractivity contribution in [3.63, 3.8) is 0 Å². The Labute approximate surface area is 250 Å². The highest BCUT2D eigenvalue weighted by Gasteiger charge is 2.30. The summed E-state index contributed by atoms with van der Waals surface area (Å²) in [5, 5.41) is 0. The Morgan fingerprint density at radius 1 is 0.878 bits per heavy atom. The molecular formula is C36H58N2O3. The van der Waals surface area contributed by atoms with Gasteiger partial charge < -0.3 is 21.0 Å². The van der Waals surface area contributed by atoms with E-state index >= 15 is 0 Å².